The molecule has 1 saturated heterocycles. The highest BCUT2D eigenvalue weighted by molar-refractivity contribution is 5.45. The fraction of sp³-hybridized carbons (Fsp3) is 0.353. The molecule has 128 valence electrons. The van der Waals surface area contributed by atoms with Crippen LogP contribution in [0, 0.1) is 5.95 Å². The van der Waals surface area contributed by atoms with Crippen molar-refractivity contribution in [3.8, 4) is 0 Å². The van der Waals surface area contributed by atoms with Gasteiger partial charge < -0.3 is 4.90 Å². The summed E-state index contributed by atoms with van der Waals surface area (Å²) in [6.45, 7) is 2.77. The molecule has 0 radical (unpaired) electrons. The van der Waals surface area contributed by atoms with Gasteiger partial charge in [0.2, 0.25) is 5.95 Å². The summed E-state index contributed by atoms with van der Waals surface area (Å²) in [7, 11) is 0. The van der Waals surface area contributed by atoms with E-state index in [0.717, 1.165) is 11.8 Å². The monoisotopic (exact) mass is 339 g/mol. The molecule has 0 unspecified atom stereocenters. The van der Waals surface area contributed by atoms with Crippen molar-refractivity contribution in [1.82, 2.24) is 9.88 Å². The Morgan fingerprint density at radius 2 is 1.71 bits per heavy atom. The van der Waals surface area contributed by atoms with Crippen LogP contribution in [-0.2, 0) is 12.7 Å². The second-order valence-electron chi connectivity index (χ2n) is 5.75. The molecule has 0 saturated carbocycles. The standard InChI is InChI=1S/C17H17F4N3/c18-16-11-14(5-6-22-16)24-9-7-23(8-10-24)12-13-3-1-2-4-15(13)17(19,20)21/h1-6,11H,7-10,12H2. The van der Waals surface area contributed by atoms with Crippen molar-refractivity contribution < 1.29 is 17.6 Å². The van der Waals surface area contributed by atoms with Crippen LogP contribution in [0.3, 0.4) is 0 Å². The molecule has 0 spiro atoms. The van der Waals surface area contributed by atoms with Gasteiger partial charge in [-0.25, -0.2) is 4.98 Å². The normalized spacial score (nSPS) is 16.4. The molecule has 0 bridgehead atoms. The average molecular weight is 339 g/mol. The molecular formula is C17H17F4N3. The number of halogens is 4. The maximum Gasteiger partial charge on any atom is 0.416 e. The van der Waals surface area contributed by atoms with Crippen LogP contribution in [0.2, 0.25) is 0 Å². The van der Waals surface area contributed by atoms with Gasteiger partial charge in [-0.3, -0.25) is 4.90 Å². The molecule has 0 N–H and O–H groups in total. The summed E-state index contributed by atoms with van der Waals surface area (Å²) in [4.78, 5) is 7.52. The van der Waals surface area contributed by atoms with E-state index in [2.05, 4.69) is 4.98 Å². The van der Waals surface area contributed by atoms with Crippen LogP contribution in [0.1, 0.15) is 11.1 Å². The molecule has 1 aliphatic heterocycles. The number of hydrogen-bond acceptors (Lipinski definition) is 3. The Morgan fingerprint density at radius 1 is 1.00 bits per heavy atom. The van der Waals surface area contributed by atoms with Gasteiger partial charge in [0.15, 0.2) is 0 Å². The van der Waals surface area contributed by atoms with Gasteiger partial charge in [-0.1, -0.05) is 18.2 Å². The second kappa shape index (κ2) is 6.76. The molecular weight excluding hydrogens is 322 g/mol. The predicted molar refractivity (Wildman–Crippen MR) is 83.1 cm³/mol. The van der Waals surface area contributed by atoms with Gasteiger partial charge in [-0.05, 0) is 17.7 Å². The van der Waals surface area contributed by atoms with Gasteiger partial charge >= 0.3 is 6.18 Å². The van der Waals surface area contributed by atoms with E-state index in [9.17, 15) is 17.6 Å². The van der Waals surface area contributed by atoms with E-state index < -0.39 is 17.7 Å². The van der Waals surface area contributed by atoms with Gasteiger partial charge in [0, 0.05) is 50.7 Å². The van der Waals surface area contributed by atoms with Gasteiger partial charge in [-0.2, -0.15) is 17.6 Å². The fourth-order valence-electron chi connectivity index (χ4n) is 2.93. The van der Waals surface area contributed by atoms with Gasteiger partial charge in [0.05, 0.1) is 5.56 Å². The van der Waals surface area contributed by atoms with Crippen LogP contribution < -0.4 is 4.90 Å². The maximum absolute atomic E-state index is 13.2. The molecule has 3 rings (SSSR count). The van der Waals surface area contributed by atoms with Crippen LogP contribution in [-0.4, -0.2) is 36.1 Å². The summed E-state index contributed by atoms with van der Waals surface area (Å²) < 4.78 is 52.4. The Balaban J connectivity index is 1.64. The number of benzene rings is 1. The number of pyridine rings is 1. The lowest BCUT2D eigenvalue weighted by Gasteiger charge is -2.36. The van der Waals surface area contributed by atoms with Gasteiger partial charge in [0.1, 0.15) is 0 Å². The fourth-order valence-corrected chi connectivity index (χ4v) is 2.93. The zero-order chi connectivity index (χ0) is 17.2. The molecule has 1 aromatic heterocycles. The molecule has 1 fully saturated rings. The quantitative estimate of drug-likeness (QED) is 0.630. The summed E-state index contributed by atoms with van der Waals surface area (Å²) >= 11 is 0. The van der Waals surface area contributed by atoms with E-state index in [0.29, 0.717) is 26.2 Å². The van der Waals surface area contributed by atoms with E-state index in [1.165, 1.54) is 24.4 Å². The minimum Gasteiger partial charge on any atom is -0.369 e. The Morgan fingerprint density at radius 3 is 2.38 bits per heavy atom. The highest BCUT2D eigenvalue weighted by Gasteiger charge is 2.33. The van der Waals surface area contributed by atoms with Crippen molar-refractivity contribution in [3.05, 3.63) is 59.7 Å². The Kier molecular flexibility index (Phi) is 4.71. The van der Waals surface area contributed by atoms with Gasteiger partial charge in [-0.15, -0.1) is 0 Å². The topological polar surface area (TPSA) is 19.4 Å². The molecule has 2 heterocycles. The molecule has 0 aliphatic carbocycles. The first kappa shape index (κ1) is 16.7. The molecule has 2 aromatic rings. The second-order valence-corrected chi connectivity index (χ2v) is 5.75. The molecule has 1 aliphatic rings. The third kappa shape index (κ3) is 3.84. The summed E-state index contributed by atoms with van der Waals surface area (Å²) in [5.74, 6) is -0.533. The Bertz CT molecular complexity index is 694. The zero-order valence-electron chi connectivity index (χ0n) is 12.9. The highest BCUT2D eigenvalue weighted by Crippen LogP contribution is 2.32. The first-order valence-corrected chi connectivity index (χ1v) is 7.67. The van der Waals surface area contributed by atoms with Gasteiger partial charge in [0.25, 0.3) is 0 Å². The number of hydrogen-bond donors (Lipinski definition) is 0. The van der Waals surface area contributed by atoms with Crippen molar-refractivity contribution in [2.75, 3.05) is 31.1 Å². The molecule has 3 nitrogen and oxygen atoms in total. The molecule has 0 atom stereocenters. The zero-order valence-corrected chi connectivity index (χ0v) is 12.9. The number of piperazine rings is 1. The molecule has 1 aromatic carbocycles. The lowest BCUT2D eigenvalue weighted by molar-refractivity contribution is -0.138. The van der Waals surface area contributed by atoms with E-state index >= 15 is 0 Å². The SMILES string of the molecule is Fc1cc(N2CCN(Cc3ccccc3C(F)(F)F)CC2)ccn1. The van der Waals surface area contributed by atoms with Crippen molar-refractivity contribution in [2.24, 2.45) is 0 Å². The van der Waals surface area contributed by atoms with Crippen molar-refractivity contribution in [3.63, 3.8) is 0 Å². The summed E-state index contributed by atoms with van der Waals surface area (Å²) in [5, 5.41) is 0. The first-order chi connectivity index (χ1) is 11.4. The smallest absolute Gasteiger partial charge is 0.369 e. The van der Waals surface area contributed by atoms with Crippen LogP contribution in [0.25, 0.3) is 0 Å². The number of anilines is 1. The third-order valence-electron chi connectivity index (χ3n) is 4.16. The lowest BCUT2D eigenvalue weighted by Crippen LogP contribution is -2.46. The Labute approximate surface area is 137 Å². The minimum absolute atomic E-state index is 0.258. The van der Waals surface area contributed by atoms with Crippen molar-refractivity contribution >= 4 is 5.69 Å². The van der Waals surface area contributed by atoms with E-state index in [1.807, 2.05) is 9.80 Å². The maximum atomic E-state index is 13.2. The minimum atomic E-state index is -4.34. The first-order valence-electron chi connectivity index (χ1n) is 7.67. The van der Waals surface area contributed by atoms with Crippen molar-refractivity contribution in [1.29, 1.82) is 0 Å². The summed E-state index contributed by atoms with van der Waals surface area (Å²) in [5.41, 5.74) is 0.454. The van der Waals surface area contributed by atoms with E-state index in [4.69, 9.17) is 0 Å². The predicted octanol–water partition coefficient (Wildman–Crippen LogP) is 3.56. The Hall–Kier alpha value is -2.15. The van der Waals surface area contributed by atoms with Crippen LogP contribution >= 0.6 is 0 Å². The van der Waals surface area contributed by atoms with E-state index in [1.54, 1.807) is 12.1 Å². The third-order valence-corrected chi connectivity index (χ3v) is 4.16. The van der Waals surface area contributed by atoms with Crippen LogP contribution in [0.5, 0.6) is 0 Å². The van der Waals surface area contributed by atoms with Crippen LogP contribution in [0.4, 0.5) is 23.2 Å². The molecule has 0 amide bonds. The number of rotatable bonds is 3. The lowest BCUT2D eigenvalue weighted by atomic mass is 10.1. The number of alkyl halides is 3. The largest absolute Gasteiger partial charge is 0.416 e. The summed E-state index contributed by atoms with van der Waals surface area (Å²) in [6, 6.07) is 8.77. The molecule has 7 heteroatoms. The average Bonchev–Trinajstić information content (AvgIpc) is 2.55. The highest BCUT2D eigenvalue weighted by atomic mass is 19.4. The number of nitrogens with zero attached hydrogens (tertiary/aromatic N) is 3. The van der Waals surface area contributed by atoms with Crippen LogP contribution in [0.15, 0.2) is 42.6 Å². The van der Waals surface area contributed by atoms with E-state index in [-0.39, 0.29) is 12.1 Å². The van der Waals surface area contributed by atoms with Crippen molar-refractivity contribution in [2.45, 2.75) is 12.7 Å². The summed E-state index contributed by atoms with van der Waals surface area (Å²) in [6.07, 6.45) is -2.93. The molecule has 24 heavy (non-hydrogen) atoms. The number of aromatic nitrogens is 1.